The van der Waals surface area contributed by atoms with Crippen molar-refractivity contribution in [3.05, 3.63) is 64.7 Å². The van der Waals surface area contributed by atoms with Gasteiger partial charge in [0.25, 0.3) is 0 Å². The van der Waals surface area contributed by atoms with Crippen molar-refractivity contribution in [1.29, 1.82) is 0 Å². The maximum atomic E-state index is 12.2. The molecule has 1 heterocycles. The van der Waals surface area contributed by atoms with Gasteiger partial charge in [-0.05, 0) is 48.2 Å². The average Bonchev–Trinajstić information content (AvgIpc) is 2.73. The number of halogens is 1. The van der Waals surface area contributed by atoms with Gasteiger partial charge in [-0.2, -0.15) is 0 Å². The first-order valence-corrected chi connectivity index (χ1v) is 9.71. The first-order valence-electron chi connectivity index (χ1n) is 9.34. The van der Waals surface area contributed by atoms with Crippen LogP contribution in [0.5, 0.6) is 0 Å². The van der Waals surface area contributed by atoms with E-state index in [1.165, 1.54) is 0 Å². The zero-order valence-electron chi connectivity index (χ0n) is 15.5. The fourth-order valence-corrected chi connectivity index (χ4v) is 3.09. The minimum absolute atomic E-state index is 0.0408. The number of amides is 3. The number of ether oxygens (including phenoxy) is 1. The molecule has 0 aliphatic carbocycles. The van der Waals surface area contributed by atoms with E-state index in [0.29, 0.717) is 37.0 Å². The van der Waals surface area contributed by atoms with Gasteiger partial charge >= 0.3 is 6.03 Å². The highest BCUT2D eigenvalue weighted by molar-refractivity contribution is 6.30. The molecule has 0 unspecified atom stereocenters. The normalized spacial score (nSPS) is 14.3. The summed E-state index contributed by atoms with van der Waals surface area (Å²) in [7, 11) is 0. The molecule has 3 amide bonds. The Kier molecular flexibility index (Phi) is 7.28. The van der Waals surface area contributed by atoms with Gasteiger partial charge in [0.05, 0.1) is 0 Å². The van der Waals surface area contributed by atoms with Crippen molar-refractivity contribution in [2.45, 2.75) is 25.9 Å². The Morgan fingerprint density at radius 3 is 2.11 bits per heavy atom. The molecule has 1 aliphatic rings. The molecular weight excluding hydrogens is 378 g/mol. The highest BCUT2D eigenvalue weighted by Crippen LogP contribution is 2.15. The van der Waals surface area contributed by atoms with Crippen LogP contribution in [0.2, 0.25) is 5.02 Å². The van der Waals surface area contributed by atoms with Gasteiger partial charge in [0.2, 0.25) is 5.91 Å². The highest BCUT2D eigenvalue weighted by Gasteiger charge is 2.20. The number of anilines is 1. The van der Waals surface area contributed by atoms with Crippen LogP contribution in [-0.4, -0.2) is 25.2 Å². The van der Waals surface area contributed by atoms with Crippen LogP contribution in [0, 0.1) is 5.92 Å². The van der Waals surface area contributed by atoms with Crippen LogP contribution in [0.3, 0.4) is 0 Å². The predicted molar refractivity (Wildman–Crippen MR) is 109 cm³/mol. The van der Waals surface area contributed by atoms with Crippen LogP contribution < -0.4 is 16.0 Å². The molecule has 3 N–H and O–H groups in total. The van der Waals surface area contributed by atoms with Gasteiger partial charge in [-0.15, -0.1) is 0 Å². The van der Waals surface area contributed by atoms with E-state index in [1.54, 1.807) is 12.1 Å². The Morgan fingerprint density at radius 1 is 0.893 bits per heavy atom. The van der Waals surface area contributed by atoms with Crippen LogP contribution in [-0.2, 0) is 22.6 Å². The second kappa shape index (κ2) is 10.1. The molecular formula is C21H24ClN3O3. The molecule has 0 radical (unpaired) electrons. The number of nitrogens with one attached hydrogen (secondary N) is 3. The van der Waals surface area contributed by atoms with Gasteiger partial charge in [0, 0.05) is 42.9 Å². The van der Waals surface area contributed by atoms with Crippen molar-refractivity contribution in [3.63, 3.8) is 0 Å². The SMILES string of the molecule is O=C(NCc1ccc(Cl)cc1)Nc1ccc(CNC(=O)C2CCOCC2)cc1. The number of rotatable bonds is 6. The molecule has 0 spiro atoms. The maximum Gasteiger partial charge on any atom is 0.319 e. The molecule has 0 saturated carbocycles. The van der Waals surface area contributed by atoms with Crippen LogP contribution in [0.1, 0.15) is 24.0 Å². The van der Waals surface area contributed by atoms with Crippen molar-refractivity contribution in [2.75, 3.05) is 18.5 Å². The lowest BCUT2D eigenvalue weighted by Gasteiger charge is -2.21. The van der Waals surface area contributed by atoms with Gasteiger partial charge in [0.1, 0.15) is 0 Å². The predicted octanol–water partition coefficient (Wildman–Crippen LogP) is 3.70. The average molecular weight is 402 g/mol. The van der Waals surface area contributed by atoms with E-state index in [4.69, 9.17) is 16.3 Å². The van der Waals surface area contributed by atoms with Gasteiger partial charge in [-0.3, -0.25) is 4.79 Å². The third-order valence-electron chi connectivity index (χ3n) is 4.64. The van der Waals surface area contributed by atoms with E-state index in [1.807, 2.05) is 36.4 Å². The molecule has 6 nitrogen and oxygen atoms in total. The standard InChI is InChI=1S/C21H24ClN3O3/c22-18-5-1-15(2-6-18)14-24-21(27)25-19-7-3-16(4-8-19)13-23-20(26)17-9-11-28-12-10-17/h1-8,17H,9-14H2,(H,23,26)(H2,24,25,27). The van der Waals surface area contributed by atoms with Gasteiger partial charge < -0.3 is 20.7 Å². The summed E-state index contributed by atoms with van der Waals surface area (Å²) in [5.74, 6) is 0.117. The summed E-state index contributed by atoms with van der Waals surface area (Å²) in [6.45, 7) is 2.19. The zero-order chi connectivity index (χ0) is 19.8. The van der Waals surface area contributed by atoms with E-state index >= 15 is 0 Å². The monoisotopic (exact) mass is 401 g/mol. The Morgan fingerprint density at radius 2 is 1.46 bits per heavy atom. The second-order valence-electron chi connectivity index (χ2n) is 6.74. The van der Waals surface area contributed by atoms with Gasteiger partial charge in [-0.25, -0.2) is 4.79 Å². The van der Waals surface area contributed by atoms with E-state index in [2.05, 4.69) is 16.0 Å². The molecule has 0 bridgehead atoms. The maximum absolute atomic E-state index is 12.2. The summed E-state index contributed by atoms with van der Waals surface area (Å²) < 4.78 is 5.28. The lowest BCUT2D eigenvalue weighted by atomic mass is 9.99. The van der Waals surface area contributed by atoms with E-state index in [0.717, 1.165) is 24.0 Å². The molecule has 7 heteroatoms. The first kappa shape index (κ1) is 20.2. The molecule has 148 valence electrons. The van der Waals surface area contributed by atoms with Crippen molar-refractivity contribution in [3.8, 4) is 0 Å². The molecule has 2 aromatic rings. The Labute approximate surface area is 169 Å². The van der Waals surface area contributed by atoms with Crippen LogP contribution >= 0.6 is 11.6 Å². The van der Waals surface area contributed by atoms with Gasteiger partial charge in [-0.1, -0.05) is 35.9 Å². The number of benzene rings is 2. The lowest BCUT2D eigenvalue weighted by Crippen LogP contribution is -2.33. The van der Waals surface area contributed by atoms with Crippen molar-refractivity contribution < 1.29 is 14.3 Å². The number of hydrogen-bond acceptors (Lipinski definition) is 3. The van der Waals surface area contributed by atoms with Crippen LogP contribution in [0.25, 0.3) is 0 Å². The van der Waals surface area contributed by atoms with Crippen molar-refractivity contribution >= 4 is 29.2 Å². The number of hydrogen-bond donors (Lipinski definition) is 3. The van der Waals surface area contributed by atoms with Crippen molar-refractivity contribution in [2.24, 2.45) is 5.92 Å². The molecule has 0 atom stereocenters. The van der Waals surface area contributed by atoms with E-state index in [-0.39, 0.29) is 17.9 Å². The topological polar surface area (TPSA) is 79.5 Å². The minimum Gasteiger partial charge on any atom is -0.381 e. The number of carbonyl (C=O) groups excluding carboxylic acids is 2. The van der Waals surface area contributed by atoms with Crippen LogP contribution in [0.4, 0.5) is 10.5 Å². The molecule has 1 fully saturated rings. The Bertz CT molecular complexity index is 788. The first-order chi connectivity index (χ1) is 13.6. The Balaban J connectivity index is 1.41. The summed E-state index contributed by atoms with van der Waals surface area (Å²) in [4.78, 5) is 24.2. The summed E-state index contributed by atoms with van der Waals surface area (Å²) in [5, 5.41) is 9.22. The molecule has 28 heavy (non-hydrogen) atoms. The molecule has 1 aliphatic heterocycles. The van der Waals surface area contributed by atoms with E-state index in [9.17, 15) is 9.59 Å². The molecule has 2 aromatic carbocycles. The van der Waals surface area contributed by atoms with E-state index < -0.39 is 0 Å². The Hall–Kier alpha value is -2.57. The van der Waals surface area contributed by atoms with Crippen LogP contribution in [0.15, 0.2) is 48.5 Å². The minimum atomic E-state index is -0.282. The molecule has 3 rings (SSSR count). The largest absolute Gasteiger partial charge is 0.381 e. The quantitative estimate of drug-likeness (QED) is 0.690. The summed E-state index contributed by atoms with van der Waals surface area (Å²) >= 11 is 5.85. The van der Waals surface area contributed by atoms with Gasteiger partial charge in [0.15, 0.2) is 0 Å². The third kappa shape index (κ3) is 6.25. The summed E-state index contributed by atoms with van der Waals surface area (Å²) in [6.07, 6.45) is 1.56. The zero-order valence-corrected chi connectivity index (χ0v) is 16.3. The molecule has 0 aromatic heterocycles. The van der Waals surface area contributed by atoms with Crippen molar-refractivity contribution in [1.82, 2.24) is 10.6 Å². The summed E-state index contributed by atoms with van der Waals surface area (Å²) in [6, 6.07) is 14.4. The fraction of sp³-hybridized carbons (Fsp3) is 0.333. The number of urea groups is 1. The lowest BCUT2D eigenvalue weighted by molar-refractivity contribution is -0.128. The fourth-order valence-electron chi connectivity index (χ4n) is 2.96. The molecule has 1 saturated heterocycles. The third-order valence-corrected chi connectivity index (χ3v) is 4.89. The number of carbonyl (C=O) groups is 2. The second-order valence-corrected chi connectivity index (χ2v) is 7.17. The highest BCUT2D eigenvalue weighted by atomic mass is 35.5. The summed E-state index contributed by atoms with van der Waals surface area (Å²) in [5.41, 5.74) is 2.64. The smallest absolute Gasteiger partial charge is 0.319 e.